The van der Waals surface area contributed by atoms with Crippen LogP contribution in [0.1, 0.15) is 11.1 Å². The van der Waals surface area contributed by atoms with Crippen LogP contribution in [0.2, 0.25) is 5.15 Å². The Morgan fingerprint density at radius 3 is 2.41 bits per heavy atom. The first-order valence-corrected chi connectivity index (χ1v) is 6.38. The highest BCUT2D eigenvalue weighted by molar-refractivity contribution is 9.10. The first-order chi connectivity index (χ1) is 8.06. The highest BCUT2D eigenvalue weighted by Gasteiger charge is 2.05. The van der Waals surface area contributed by atoms with Gasteiger partial charge in [0.15, 0.2) is 0 Å². The summed E-state index contributed by atoms with van der Waals surface area (Å²) in [5, 5.41) is 3.85. The summed E-state index contributed by atoms with van der Waals surface area (Å²) in [4.78, 5) is 3.96. The van der Waals surface area contributed by atoms with Crippen molar-refractivity contribution in [1.29, 1.82) is 0 Å². The summed E-state index contributed by atoms with van der Waals surface area (Å²) in [5.41, 5.74) is 4.42. The molecule has 0 aliphatic carbocycles. The molecule has 1 N–H and O–H groups in total. The number of aryl methyl sites for hydroxylation is 2. The van der Waals surface area contributed by atoms with Crippen LogP contribution >= 0.6 is 27.5 Å². The fourth-order valence-electron chi connectivity index (χ4n) is 1.73. The predicted molar refractivity (Wildman–Crippen MR) is 76.1 cm³/mol. The number of rotatable bonds is 2. The molecule has 0 aliphatic heterocycles. The van der Waals surface area contributed by atoms with Gasteiger partial charge >= 0.3 is 0 Å². The molecule has 4 heteroatoms. The number of aromatic nitrogens is 1. The smallest absolute Gasteiger partial charge is 0.131 e. The molecule has 2 nitrogen and oxygen atoms in total. The third-order valence-corrected chi connectivity index (χ3v) is 3.16. The first-order valence-electron chi connectivity index (χ1n) is 5.21. The van der Waals surface area contributed by atoms with E-state index in [4.69, 9.17) is 11.6 Å². The maximum Gasteiger partial charge on any atom is 0.131 e. The fourth-order valence-corrected chi connectivity index (χ4v) is 2.59. The van der Waals surface area contributed by atoms with Crippen LogP contribution < -0.4 is 5.32 Å². The van der Waals surface area contributed by atoms with E-state index in [0.29, 0.717) is 5.15 Å². The lowest BCUT2D eigenvalue weighted by Gasteiger charge is -2.13. The van der Waals surface area contributed by atoms with Crippen molar-refractivity contribution in [1.82, 2.24) is 4.98 Å². The lowest BCUT2D eigenvalue weighted by Crippen LogP contribution is -1.96. The lowest BCUT2D eigenvalue weighted by atomic mass is 10.1. The van der Waals surface area contributed by atoms with Crippen molar-refractivity contribution < 1.29 is 0 Å². The Kier molecular flexibility index (Phi) is 3.69. The Morgan fingerprint density at radius 1 is 1.18 bits per heavy atom. The average molecular weight is 312 g/mol. The molecule has 1 aromatic carbocycles. The molecule has 0 saturated carbocycles. The largest absolute Gasteiger partial charge is 0.355 e. The number of halogens is 2. The minimum Gasteiger partial charge on any atom is -0.355 e. The highest BCUT2D eigenvalue weighted by atomic mass is 79.9. The number of anilines is 2. The van der Waals surface area contributed by atoms with E-state index < -0.39 is 0 Å². The van der Waals surface area contributed by atoms with Gasteiger partial charge in [0.25, 0.3) is 0 Å². The Hall–Kier alpha value is -1.06. The van der Waals surface area contributed by atoms with Crippen LogP contribution in [0.4, 0.5) is 11.4 Å². The molecule has 0 aliphatic rings. The molecule has 0 bridgehead atoms. The van der Waals surface area contributed by atoms with Gasteiger partial charge in [-0.25, -0.2) is 4.98 Å². The van der Waals surface area contributed by atoms with Gasteiger partial charge in [-0.05, 0) is 49.2 Å². The van der Waals surface area contributed by atoms with E-state index in [1.165, 1.54) is 11.1 Å². The van der Waals surface area contributed by atoms with E-state index in [0.717, 1.165) is 15.8 Å². The molecule has 0 radical (unpaired) electrons. The van der Waals surface area contributed by atoms with E-state index in [9.17, 15) is 0 Å². The number of hydrogen-bond donors (Lipinski definition) is 1. The van der Waals surface area contributed by atoms with Crippen molar-refractivity contribution in [2.45, 2.75) is 13.8 Å². The van der Waals surface area contributed by atoms with Crippen LogP contribution in [0.3, 0.4) is 0 Å². The van der Waals surface area contributed by atoms with Crippen LogP contribution in [0.5, 0.6) is 0 Å². The molecular weight excluding hydrogens is 300 g/mol. The summed E-state index contributed by atoms with van der Waals surface area (Å²) in [7, 11) is 0. The molecule has 0 spiro atoms. The molecule has 0 fully saturated rings. The molecule has 0 atom stereocenters. The number of pyridine rings is 1. The van der Waals surface area contributed by atoms with Gasteiger partial charge < -0.3 is 5.32 Å². The summed E-state index contributed by atoms with van der Waals surface area (Å²) >= 11 is 9.34. The molecule has 0 saturated heterocycles. The van der Waals surface area contributed by atoms with Crippen molar-refractivity contribution in [3.63, 3.8) is 0 Å². The quantitative estimate of drug-likeness (QED) is 0.801. The third kappa shape index (κ3) is 2.99. The monoisotopic (exact) mass is 310 g/mol. The van der Waals surface area contributed by atoms with Crippen LogP contribution in [-0.2, 0) is 0 Å². The zero-order valence-electron chi connectivity index (χ0n) is 9.59. The summed E-state index contributed by atoms with van der Waals surface area (Å²) in [5.74, 6) is 0. The zero-order chi connectivity index (χ0) is 12.4. The third-order valence-electron chi connectivity index (χ3n) is 2.49. The van der Waals surface area contributed by atoms with Gasteiger partial charge in [0.1, 0.15) is 5.15 Å². The van der Waals surface area contributed by atoms with Gasteiger partial charge in [0, 0.05) is 22.0 Å². The number of nitrogens with one attached hydrogen (secondary N) is 1. The molecule has 1 aromatic heterocycles. The zero-order valence-corrected chi connectivity index (χ0v) is 11.9. The van der Waals surface area contributed by atoms with Crippen molar-refractivity contribution >= 4 is 38.9 Å². The minimum atomic E-state index is 0.488. The molecule has 0 unspecified atom stereocenters. The maximum atomic E-state index is 5.86. The fraction of sp³-hybridized carbons (Fsp3) is 0.154. The van der Waals surface area contributed by atoms with Gasteiger partial charge in [0.2, 0.25) is 0 Å². The van der Waals surface area contributed by atoms with E-state index in [2.05, 4.69) is 52.2 Å². The minimum absolute atomic E-state index is 0.488. The topological polar surface area (TPSA) is 24.9 Å². The van der Waals surface area contributed by atoms with E-state index in [-0.39, 0.29) is 0 Å². The van der Waals surface area contributed by atoms with E-state index >= 15 is 0 Å². The Balaban J connectivity index is 2.36. The number of benzene rings is 1. The summed E-state index contributed by atoms with van der Waals surface area (Å²) in [6.45, 7) is 4.14. The standard InChI is InChI=1S/C13H12BrClN2/c1-8-5-10(14)6-9(2)13(8)17-11-3-4-16-12(15)7-11/h3-7H,1-2H3,(H,16,17). The van der Waals surface area contributed by atoms with E-state index in [1.54, 1.807) is 6.20 Å². The summed E-state index contributed by atoms with van der Waals surface area (Å²) in [6, 6.07) is 7.87. The van der Waals surface area contributed by atoms with Gasteiger partial charge in [-0.3, -0.25) is 0 Å². The van der Waals surface area contributed by atoms with Crippen molar-refractivity contribution in [2.24, 2.45) is 0 Å². The second kappa shape index (κ2) is 5.07. The molecule has 17 heavy (non-hydrogen) atoms. The molecular formula is C13H12BrClN2. The van der Waals surface area contributed by atoms with E-state index in [1.807, 2.05) is 12.1 Å². The number of hydrogen-bond acceptors (Lipinski definition) is 2. The second-order valence-corrected chi connectivity index (χ2v) is 5.21. The SMILES string of the molecule is Cc1cc(Br)cc(C)c1Nc1ccnc(Cl)c1. The predicted octanol–water partition coefficient (Wildman–Crippen LogP) is 4.86. The van der Waals surface area contributed by atoms with Crippen molar-refractivity contribution in [2.75, 3.05) is 5.32 Å². The van der Waals surface area contributed by atoms with Crippen LogP contribution in [-0.4, -0.2) is 4.98 Å². The Labute approximate surface area is 114 Å². The lowest BCUT2D eigenvalue weighted by molar-refractivity contribution is 1.30. The summed E-state index contributed by atoms with van der Waals surface area (Å²) in [6.07, 6.45) is 1.69. The first kappa shape index (κ1) is 12.4. The Morgan fingerprint density at radius 2 is 1.82 bits per heavy atom. The molecule has 1 heterocycles. The number of nitrogens with zero attached hydrogens (tertiary/aromatic N) is 1. The molecule has 2 aromatic rings. The Bertz CT molecular complexity index is 532. The van der Waals surface area contributed by atoms with Crippen LogP contribution in [0, 0.1) is 13.8 Å². The summed E-state index contributed by atoms with van der Waals surface area (Å²) < 4.78 is 1.09. The van der Waals surface area contributed by atoms with Crippen molar-refractivity contribution in [3.05, 3.63) is 51.2 Å². The normalized spacial score (nSPS) is 10.4. The highest BCUT2D eigenvalue weighted by Crippen LogP contribution is 2.28. The molecule has 88 valence electrons. The molecule has 0 amide bonds. The van der Waals surface area contributed by atoms with Crippen LogP contribution in [0.15, 0.2) is 34.9 Å². The van der Waals surface area contributed by atoms with Gasteiger partial charge in [-0.1, -0.05) is 27.5 Å². The van der Waals surface area contributed by atoms with Crippen LogP contribution in [0.25, 0.3) is 0 Å². The molecule has 2 rings (SSSR count). The van der Waals surface area contributed by atoms with Crippen molar-refractivity contribution in [3.8, 4) is 0 Å². The van der Waals surface area contributed by atoms with Gasteiger partial charge in [-0.2, -0.15) is 0 Å². The second-order valence-electron chi connectivity index (χ2n) is 3.91. The average Bonchev–Trinajstić information content (AvgIpc) is 2.23. The van der Waals surface area contributed by atoms with Gasteiger partial charge in [0.05, 0.1) is 0 Å². The van der Waals surface area contributed by atoms with Gasteiger partial charge in [-0.15, -0.1) is 0 Å². The maximum absolute atomic E-state index is 5.86.